The normalized spacial score (nSPS) is 15.0. The maximum absolute atomic E-state index is 5.58. The zero-order valence-corrected chi connectivity index (χ0v) is 15.4. The van der Waals surface area contributed by atoms with Crippen molar-refractivity contribution in [1.82, 2.24) is 15.0 Å². The summed E-state index contributed by atoms with van der Waals surface area (Å²) in [5, 5.41) is 0. The van der Waals surface area contributed by atoms with Gasteiger partial charge in [-0.1, -0.05) is 13.8 Å². The van der Waals surface area contributed by atoms with Gasteiger partial charge in [-0.3, -0.25) is 0 Å². The Balaban J connectivity index is 2.71. The summed E-state index contributed by atoms with van der Waals surface area (Å²) in [6, 6.07) is 1.87. The van der Waals surface area contributed by atoms with Gasteiger partial charge >= 0.3 is 0 Å². The smallest absolute Gasteiger partial charge is 0.219 e. The first-order chi connectivity index (χ1) is 11.5. The molecule has 2 rings (SSSR count). The third-order valence-corrected chi connectivity index (χ3v) is 3.91. The van der Waals surface area contributed by atoms with Crippen molar-refractivity contribution < 1.29 is 9.47 Å². The van der Waals surface area contributed by atoms with E-state index in [9.17, 15) is 0 Å². The number of aromatic nitrogens is 3. The molecule has 1 aromatic rings. The number of rotatable bonds is 3. The van der Waals surface area contributed by atoms with Gasteiger partial charge in [0.1, 0.15) is 11.6 Å². The number of ether oxygens (including phenoxy) is 2. The molecule has 0 spiro atoms. The maximum atomic E-state index is 5.58. The molecular weight excluding hydrogens is 304 g/mol. The first kappa shape index (κ1) is 18.4. The molecule has 0 unspecified atom stereocenters. The fraction of sp³-hybridized carbons (Fsp3) is 0.611. The van der Waals surface area contributed by atoms with E-state index in [0.29, 0.717) is 12.5 Å². The molecule has 1 aliphatic rings. The Labute approximate surface area is 144 Å². The van der Waals surface area contributed by atoms with Gasteiger partial charge in [0.25, 0.3) is 0 Å². The Morgan fingerprint density at radius 2 is 1.96 bits per heavy atom. The number of nitrogens with zero attached hydrogens (tertiary/aromatic N) is 4. The molecule has 0 bridgehead atoms. The summed E-state index contributed by atoms with van der Waals surface area (Å²) in [7, 11) is 1.64. The molecule has 2 heterocycles. The Morgan fingerprint density at radius 1 is 1.17 bits per heavy atom. The average Bonchev–Trinajstić information content (AvgIpc) is 2.83. The van der Waals surface area contributed by atoms with E-state index in [2.05, 4.69) is 28.7 Å². The highest BCUT2D eigenvalue weighted by molar-refractivity contribution is 5.50. The quantitative estimate of drug-likeness (QED) is 0.848. The van der Waals surface area contributed by atoms with Crippen LogP contribution in [0.1, 0.15) is 43.3 Å². The second kappa shape index (κ2) is 8.78. The van der Waals surface area contributed by atoms with Crippen LogP contribution in [0, 0.1) is 13.8 Å². The first-order valence-corrected chi connectivity index (χ1v) is 8.49. The van der Waals surface area contributed by atoms with E-state index in [1.165, 1.54) is 0 Å². The molecule has 0 saturated carbocycles. The maximum Gasteiger partial charge on any atom is 0.219 e. The summed E-state index contributed by atoms with van der Waals surface area (Å²) < 4.78 is 11.1. The number of methoxy groups -OCH3 is 1. The minimum atomic E-state index is 0.225. The van der Waals surface area contributed by atoms with Crippen molar-refractivity contribution in [3.8, 4) is 5.88 Å². The van der Waals surface area contributed by atoms with Crippen LogP contribution in [-0.4, -0.2) is 48.4 Å². The molecule has 6 nitrogen and oxygen atoms in total. The number of hydrogen-bond donors (Lipinski definition) is 0. The molecule has 0 radical (unpaired) electrons. The molecule has 1 aromatic heterocycles. The van der Waals surface area contributed by atoms with Gasteiger partial charge < -0.3 is 14.4 Å². The van der Waals surface area contributed by atoms with E-state index in [0.717, 1.165) is 49.0 Å². The van der Waals surface area contributed by atoms with Gasteiger partial charge in [-0.2, -0.15) is 0 Å². The Kier molecular flexibility index (Phi) is 6.73. The van der Waals surface area contributed by atoms with Crippen LogP contribution in [0.2, 0.25) is 0 Å². The van der Waals surface area contributed by atoms with Crippen LogP contribution in [0.4, 0.5) is 5.82 Å². The molecule has 0 N–H and O–H groups in total. The topological polar surface area (TPSA) is 60.4 Å². The minimum absolute atomic E-state index is 0.225. The van der Waals surface area contributed by atoms with Crippen LogP contribution in [0.15, 0.2) is 12.3 Å². The van der Waals surface area contributed by atoms with E-state index < -0.39 is 0 Å². The summed E-state index contributed by atoms with van der Waals surface area (Å²) in [6.45, 7) is 11.3. The van der Waals surface area contributed by atoms with E-state index in [-0.39, 0.29) is 5.92 Å². The lowest BCUT2D eigenvalue weighted by atomic mass is 10.2. The highest BCUT2D eigenvalue weighted by Gasteiger charge is 2.17. The van der Waals surface area contributed by atoms with Crippen molar-refractivity contribution in [3.05, 3.63) is 29.3 Å². The Morgan fingerprint density at radius 3 is 2.67 bits per heavy atom. The SMILES string of the molecule is COc1nc(C)ccnc(C(C)C)nc(N2CCCOCC2)c1C. The molecule has 0 aliphatic carbocycles. The predicted octanol–water partition coefficient (Wildman–Crippen LogP) is 2.97. The van der Waals surface area contributed by atoms with Crippen LogP contribution >= 0.6 is 0 Å². The Hall–Kier alpha value is -1.95. The van der Waals surface area contributed by atoms with Gasteiger partial charge in [0.05, 0.1) is 19.3 Å². The number of aryl methyl sites for hydroxylation is 1. The summed E-state index contributed by atoms with van der Waals surface area (Å²) in [5.74, 6) is 2.49. The van der Waals surface area contributed by atoms with Gasteiger partial charge in [-0.25, -0.2) is 15.0 Å². The standard InChI is InChI=1S/C18H28N4O2/c1-13(2)16-19-8-7-14(3)20-18(23-5)15(4)17(21-16)22-9-6-11-24-12-10-22/h7-8,13H,6,9-12H2,1-5H3. The van der Waals surface area contributed by atoms with E-state index in [1.54, 1.807) is 13.3 Å². The van der Waals surface area contributed by atoms with Crippen LogP contribution in [0.25, 0.3) is 0 Å². The molecule has 0 aromatic carbocycles. The molecule has 0 atom stereocenters. The lowest BCUT2D eigenvalue weighted by Gasteiger charge is -2.23. The van der Waals surface area contributed by atoms with Crippen molar-refractivity contribution in [2.45, 2.75) is 40.0 Å². The van der Waals surface area contributed by atoms with Crippen molar-refractivity contribution in [2.75, 3.05) is 38.3 Å². The van der Waals surface area contributed by atoms with Gasteiger partial charge in [0.15, 0.2) is 0 Å². The first-order valence-electron chi connectivity index (χ1n) is 8.49. The zero-order chi connectivity index (χ0) is 17.5. The van der Waals surface area contributed by atoms with Crippen LogP contribution < -0.4 is 9.64 Å². The van der Waals surface area contributed by atoms with E-state index in [4.69, 9.17) is 14.5 Å². The fourth-order valence-electron chi connectivity index (χ4n) is 2.56. The van der Waals surface area contributed by atoms with Crippen LogP contribution in [0.3, 0.4) is 0 Å². The van der Waals surface area contributed by atoms with Gasteiger partial charge in [0.2, 0.25) is 5.88 Å². The van der Waals surface area contributed by atoms with Crippen molar-refractivity contribution >= 4 is 5.82 Å². The third kappa shape index (κ3) is 4.77. The highest BCUT2D eigenvalue weighted by Crippen LogP contribution is 2.24. The Bertz CT molecular complexity index is 610. The predicted molar refractivity (Wildman–Crippen MR) is 95.2 cm³/mol. The van der Waals surface area contributed by atoms with Crippen LogP contribution in [0.5, 0.6) is 5.88 Å². The lowest BCUT2D eigenvalue weighted by molar-refractivity contribution is 0.152. The third-order valence-electron chi connectivity index (χ3n) is 3.91. The summed E-state index contributed by atoms with van der Waals surface area (Å²) in [5.41, 5.74) is 1.76. The van der Waals surface area contributed by atoms with Crippen LogP contribution in [-0.2, 0) is 4.74 Å². The van der Waals surface area contributed by atoms with E-state index >= 15 is 0 Å². The van der Waals surface area contributed by atoms with Crippen molar-refractivity contribution in [2.24, 2.45) is 0 Å². The zero-order valence-electron chi connectivity index (χ0n) is 15.4. The number of anilines is 1. The molecule has 1 aliphatic heterocycles. The second-order valence-corrected chi connectivity index (χ2v) is 6.23. The number of hydrogen-bond acceptors (Lipinski definition) is 6. The second-order valence-electron chi connectivity index (χ2n) is 6.23. The van der Waals surface area contributed by atoms with Gasteiger partial charge in [-0.15, -0.1) is 0 Å². The van der Waals surface area contributed by atoms with Crippen molar-refractivity contribution in [3.63, 3.8) is 0 Å². The molecular formula is C18H28N4O2. The monoisotopic (exact) mass is 332 g/mol. The minimum Gasteiger partial charge on any atom is -0.481 e. The molecule has 0 amide bonds. The molecule has 1 saturated heterocycles. The average molecular weight is 332 g/mol. The molecule has 6 heteroatoms. The molecule has 132 valence electrons. The summed E-state index contributed by atoms with van der Waals surface area (Å²) >= 11 is 0. The van der Waals surface area contributed by atoms with Crippen molar-refractivity contribution in [1.29, 1.82) is 0 Å². The summed E-state index contributed by atoms with van der Waals surface area (Å²) in [4.78, 5) is 16.2. The molecule has 24 heavy (non-hydrogen) atoms. The fourth-order valence-corrected chi connectivity index (χ4v) is 2.56. The molecule has 1 fully saturated rings. The summed E-state index contributed by atoms with van der Waals surface area (Å²) in [6.07, 6.45) is 2.74. The highest BCUT2D eigenvalue weighted by atomic mass is 16.5. The lowest BCUT2D eigenvalue weighted by Crippen LogP contribution is -2.28. The van der Waals surface area contributed by atoms with Gasteiger partial charge in [-0.05, 0) is 26.3 Å². The van der Waals surface area contributed by atoms with E-state index in [1.807, 2.05) is 19.9 Å². The van der Waals surface area contributed by atoms with Gasteiger partial charge in [0, 0.05) is 37.5 Å². The largest absolute Gasteiger partial charge is 0.481 e.